The summed E-state index contributed by atoms with van der Waals surface area (Å²) in [5, 5.41) is 16.1. The van der Waals surface area contributed by atoms with Gasteiger partial charge >= 0.3 is 0 Å². The van der Waals surface area contributed by atoms with E-state index in [9.17, 15) is 22.0 Å². The van der Waals surface area contributed by atoms with Gasteiger partial charge in [-0.3, -0.25) is 14.2 Å². The normalized spacial score (nSPS) is 12.6. The maximum atomic E-state index is 14.6. The molecule has 0 saturated carbocycles. The fourth-order valence-electron chi connectivity index (χ4n) is 3.15. The van der Waals surface area contributed by atoms with Gasteiger partial charge < -0.3 is 5.32 Å². The van der Waals surface area contributed by atoms with E-state index >= 15 is 0 Å². The van der Waals surface area contributed by atoms with Crippen LogP contribution in [0.15, 0.2) is 47.4 Å². The van der Waals surface area contributed by atoms with Gasteiger partial charge in [-0.2, -0.15) is 10.4 Å². The van der Waals surface area contributed by atoms with Gasteiger partial charge in [0.25, 0.3) is 15.9 Å². The highest BCUT2D eigenvalue weighted by molar-refractivity contribution is 7.92. The first kappa shape index (κ1) is 25.8. The Bertz CT molecular complexity index is 1420. The monoisotopic (exact) mass is 501 g/mol. The van der Waals surface area contributed by atoms with E-state index in [4.69, 9.17) is 5.26 Å². The van der Waals surface area contributed by atoms with Crippen molar-refractivity contribution >= 4 is 21.6 Å². The lowest BCUT2D eigenvalue weighted by atomic mass is 9.88. The van der Waals surface area contributed by atoms with Crippen LogP contribution in [0, 0.1) is 28.4 Å². The molecule has 0 aliphatic heterocycles. The van der Waals surface area contributed by atoms with Crippen LogP contribution in [0.1, 0.15) is 43.7 Å². The van der Waals surface area contributed by atoms with Crippen LogP contribution in [0.5, 0.6) is 0 Å². The SMILES string of the molecule is C[C@H](NC(=O)c1c(NS(=O)(=O)c2ccc(C#N)cc2F)c(-c2ccc(F)cc2)nn1C)C(C)(C)C. The van der Waals surface area contributed by atoms with Gasteiger partial charge in [-0.1, -0.05) is 20.8 Å². The second-order valence-corrected chi connectivity index (χ2v) is 10.8. The Hall–Kier alpha value is -3.78. The smallest absolute Gasteiger partial charge is 0.271 e. The second-order valence-electron chi connectivity index (χ2n) is 9.13. The molecule has 1 aromatic heterocycles. The average Bonchev–Trinajstić information content (AvgIpc) is 3.08. The molecule has 0 unspecified atom stereocenters. The molecule has 0 bridgehead atoms. The van der Waals surface area contributed by atoms with Crippen LogP contribution in [-0.4, -0.2) is 30.1 Å². The van der Waals surface area contributed by atoms with Crippen LogP contribution in [0.2, 0.25) is 0 Å². The second kappa shape index (κ2) is 9.46. The maximum absolute atomic E-state index is 14.6. The number of aryl methyl sites for hydroxylation is 1. The Morgan fingerprint density at radius 3 is 2.31 bits per heavy atom. The van der Waals surface area contributed by atoms with E-state index in [0.717, 1.165) is 12.1 Å². The van der Waals surface area contributed by atoms with Gasteiger partial charge in [0.1, 0.15) is 27.9 Å². The number of rotatable bonds is 6. The molecule has 35 heavy (non-hydrogen) atoms. The van der Waals surface area contributed by atoms with Crippen molar-refractivity contribution < 1.29 is 22.0 Å². The Labute approximate surface area is 202 Å². The summed E-state index contributed by atoms with van der Waals surface area (Å²) in [5.41, 5.74) is -0.258. The number of sulfonamides is 1. The number of nitrogens with zero attached hydrogens (tertiary/aromatic N) is 3. The molecule has 0 aliphatic rings. The fraction of sp³-hybridized carbons (Fsp3) is 0.292. The van der Waals surface area contributed by atoms with Crippen molar-refractivity contribution in [2.75, 3.05) is 4.72 Å². The third kappa shape index (κ3) is 5.49. The molecule has 2 aromatic carbocycles. The zero-order valence-electron chi connectivity index (χ0n) is 19.8. The lowest BCUT2D eigenvalue weighted by Crippen LogP contribution is -2.42. The van der Waals surface area contributed by atoms with E-state index in [0.29, 0.717) is 5.56 Å². The Kier molecular flexibility index (Phi) is 6.98. The van der Waals surface area contributed by atoms with E-state index in [1.165, 1.54) is 42.1 Å². The molecule has 3 rings (SSSR count). The minimum absolute atomic E-state index is 0.0499. The quantitative estimate of drug-likeness (QED) is 0.525. The minimum atomic E-state index is -4.55. The standard InChI is InChI=1S/C24H25F2N5O3S/c1-14(24(2,3)4)28-23(32)22-21(20(29-31(22)5)16-7-9-17(25)10-8-16)30-35(33,34)19-11-6-15(13-27)12-18(19)26/h6-12,14,30H,1-5H3,(H,28,32)/t14-/m0/s1. The van der Waals surface area contributed by atoms with Gasteiger partial charge in [0.05, 0.1) is 11.6 Å². The number of carbonyl (C=O) groups is 1. The van der Waals surface area contributed by atoms with E-state index in [2.05, 4.69) is 15.1 Å². The van der Waals surface area contributed by atoms with Gasteiger partial charge in [0.2, 0.25) is 0 Å². The van der Waals surface area contributed by atoms with E-state index < -0.39 is 32.5 Å². The van der Waals surface area contributed by atoms with E-state index in [1.54, 1.807) is 6.07 Å². The molecule has 184 valence electrons. The van der Waals surface area contributed by atoms with Crippen molar-refractivity contribution in [2.45, 2.75) is 38.6 Å². The highest BCUT2D eigenvalue weighted by Gasteiger charge is 2.31. The summed E-state index contributed by atoms with van der Waals surface area (Å²) in [6.45, 7) is 7.61. The first-order chi connectivity index (χ1) is 16.2. The summed E-state index contributed by atoms with van der Waals surface area (Å²) in [4.78, 5) is 12.5. The predicted octanol–water partition coefficient (Wildman–Crippen LogP) is 4.20. The van der Waals surface area contributed by atoms with E-state index in [-0.39, 0.29) is 34.1 Å². The van der Waals surface area contributed by atoms with Crippen LogP contribution in [0.3, 0.4) is 0 Å². The van der Waals surface area contributed by atoms with Gasteiger partial charge in [-0.05, 0) is 54.8 Å². The molecule has 11 heteroatoms. The van der Waals surface area contributed by atoms with Gasteiger partial charge in [-0.15, -0.1) is 0 Å². The molecular weight excluding hydrogens is 476 g/mol. The van der Waals surface area contributed by atoms with Crippen LogP contribution in [0.25, 0.3) is 11.3 Å². The highest BCUT2D eigenvalue weighted by atomic mass is 32.2. The minimum Gasteiger partial charge on any atom is -0.348 e. The van der Waals surface area contributed by atoms with Crippen LogP contribution in [-0.2, 0) is 17.1 Å². The first-order valence-corrected chi connectivity index (χ1v) is 12.1. The van der Waals surface area contributed by atoms with E-state index in [1.807, 2.05) is 27.7 Å². The molecule has 0 radical (unpaired) electrons. The topological polar surface area (TPSA) is 117 Å². The van der Waals surface area contributed by atoms with Crippen LogP contribution >= 0.6 is 0 Å². The lowest BCUT2D eigenvalue weighted by Gasteiger charge is -2.28. The highest BCUT2D eigenvalue weighted by Crippen LogP contribution is 2.33. The number of anilines is 1. The number of hydrogen-bond acceptors (Lipinski definition) is 5. The molecule has 3 aromatic rings. The lowest BCUT2D eigenvalue weighted by molar-refractivity contribution is 0.0901. The van der Waals surface area contributed by atoms with Crippen molar-refractivity contribution in [1.29, 1.82) is 5.26 Å². The number of amides is 1. The number of benzene rings is 2. The molecule has 0 spiro atoms. The molecule has 1 atom stereocenters. The van der Waals surface area contributed by atoms with Crippen LogP contribution < -0.4 is 10.0 Å². The number of aromatic nitrogens is 2. The fourth-order valence-corrected chi connectivity index (χ4v) is 4.28. The molecule has 1 amide bonds. The first-order valence-electron chi connectivity index (χ1n) is 10.6. The Morgan fingerprint density at radius 1 is 1.14 bits per heavy atom. The molecular formula is C24H25F2N5O3S. The van der Waals surface area contributed by atoms with Crippen LogP contribution in [0.4, 0.5) is 14.5 Å². The summed E-state index contributed by atoms with van der Waals surface area (Å²) < 4.78 is 57.9. The van der Waals surface area contributed by atoms with Crippen molar-refractivity contribution in [1.82, 2.24) is 15.1 Å². The molecule has 0 fully saturated rings. The number of halogens is 2. The number of carbonyl (C=O) groups excluding carboxylic acids is 1. The zero-order valence-corrected chi connectivity index (χ0v) is 20.7. The largest absolute Gasteiger partial charge is 0.348 e. The molecule has 8 nitrogen and oxygen atoms in total. The van der Waals surface area contributed by atoms with Gasteiger partial charge in [0.15, 0.2) is 5.69 Å². The van der Waals surface area contributed by atoms with Crippen molar-refractivity contribution in [3.05, 3.63) is 65.4 Å². The summed E-state index contributed by atoms with van der Waals surface area (Å²) in [5.74, 6) is -2.24. The van der Waals surface area contributed by atoms with Gasteiger partial charge in [0, 0.05) is 18.7 Å². The van der Waals surface area contributed by atoms with Crippen molar-refractivity contribution in [3.8, 4) is 17.3 Å². The molecule has 0 saturated heterocycles. The third-order valence-electron chi connectivity index (χ3n) is 5.61. The molecule has 0 aliphatic carbocycles. The number of nitriles is 1. The van der Waals surface area contributed by atoms with Gasteiger partial charge in [-0.25, -0.2) is 17.2 Å². The summed E-state index contributed by atoms with van der Waals surface area (Å²) in [6.07, 6.45) is 0. The zero-order chi connectivity index (χ0) is 26.1. The molecule has 1 heterocycles. The molecule has 2 N–H and O–H groups in total. The Morgan fingerprint density at radius 2 is 1.77 bits per heavy atom. The third-order valence-corrected chi connectivity index (χ3v) is 7.00. The van der Waals surface area contributed by atoms with Crippen molar-refractivity contribution in [2.24, 2.45) is 12.5 Å². The summed E-state index contributed by atoms with van der Waals surface area (Å²) >= 11 is 0. The summed E-state index contributed by atoms with van der Waals surface area (Å²) in [7, 11) is -3.09. The summed E-state index contributed by atoms with van der Waals surface area (Å²) in [6, 6.07) is 9.49. The Balaban J connectivity index is 2.16. The average molecular weight is 502 g/mol. The number of hydrogen-bond donors (Lipinski definition) is 2. The predicted molar refractivity (Wildman–Crippen MR) is 127 cm³/mol. The maximum Gasteiger partial charge on any atom is 0.271 e. The van der Waals surface area contributed by atoms with Crippen molar-refractivity contribution in [3.63, 3.8) is 0 Å². The number of nitrogens with one attached hydrogen (secondary N) is 2.